The molecule has 23 heavy (non-hydrogen) atoms. The van der Waals surface area contributed by atoms with Crippen molar-refractivity contribution >= 4 is 6.09 Å². The van der Waals surface area contributed by atoms with Crippen molar-refractivity contribution in [2.24, 2.45) is 0 Å². The minimum atomic E-state index is -0.241. The van der Waals surface area contributed by atoms with Crippen molar-refractivity contribution in [1.29, 1.82) is 0 Å². The minimum absolute atomic E-state index is 0.111. The highest BCUT2D eigenvalue weighted by atomic mass is 16.7. The summed E-state index contributed by atoms with van der Waals surface area (Å²) in [5, 5.41) is 0. The van der Waals surface area contributed by atoms with Crippen LogP contribution in [0.3, 0.4) is 0 Å². The molecule has 0 spiro atoms. The van der Waals surface area contributed by atoms with E-state index in [2.05, 4.69) is 6.08 Å². The van der Waals surface area contributed by atoms with Gasteiger partial charge in [0.25, 0.3) is 0 Å². The number of hydrogen-bond acceptors (Lipinski definition) is 4. The van der Waals surface area contributed by atoms with Crippen LogP contribution < -0.4 is 0 Å². The van der Waals surface area contributed by atoms with Gasteiger partial charge in [0, 0.05) is 13.0 Å². The topological polar surface area (TPSA) is 48.0 Å². The van der Waals surface area contributed by atoms with Gasteiger partial charge in [-0.2, -0.15) is 0 Å². The Hall–Kier alpha value is -1.85. The number of benzene rings is 1. The lowest BCUT2D eigenvalue weighted by atomic mass is 10.2. The molecule has 124 valence electrons. The zero-order chi connectivity index (χ0) is 15.9. The second kappa shape index (κ2) is 8.13. The Balaban J connectivity index is 1.47. The first kappa shape index (κ1) is 16.0. The van der Waals surface area contributed by atoms with Crippen LogP contribution in [0.1, 0.15) is 24.8 Å². The molecule has 2 aliphatic heterocycles. The number of nitrogens with zero attached hydrogens (tertiary/aromatic N) is 1. The SMILES string of the molecule is O=C(OCc1ccccc1)N1CCC[C@H]1C=CCC1OCCO1. The van der Waals surface area contributed by atoms with Gasteiger partial charge in [0.2, 0.25) is 0 Å². The summed E-state index contributed by atoms with van der Waals surface area (Å²) in [4.78, 5) is 14.1. The van der Waals surface area contributed by atoms with Crippen LogP contribution in [0.25, 0.3) is 0 Å². The van der Waals surface area contributed by atoms with Gasteiger partial charge in [-0.3, -0.25) is 0 Å². The Kier molecular flexibility index (Phi) is 5.66. The molecule has 2 aliphatic rings. The highest BCUT2D eigenvalue weighted by Gasteiger charge is 2.28. The monoisotopic (exact) mass is 317 g/mol. The number of hydrogen-bond donors (Lipinski definition) is 0. The van der Waals surface area contributed by atoms with E-state index in [1.54, 1.807) is 4.90 Å². The van der Waals surface area contributed by atoms with E-state index in [1.807, 2.05) is 36.4 Å². The molecule has 2 fully saturated rings. The summed E-state index contributed by atoms with van der Waals surface area (Å²) in [6.45, 7) is 2.40. The highest BCUT2D eigenvalue weighted by Crippen LogP contribution is 2.20. The van der Waals surface area contributed by atoms with Gasteiger partial charge in [-0.05, 0) is 18.4 Å². The largest absolute Gasteiger partial charge is 0.445 e. The summed E-state index contributed by atoms with van der Waals surface area (Å²) >= 11 is 0. The maximum atomic E-state index is 12.3. The molecule has 0 aliphatic carbocycles. The van der Waals surface area contributed by atoms with Crippen LogP contribution in [-0.4, -0.2) is 43.1 Å². The van der Waals surface area contributed by atoms with Crippen molar-refractivity contribution in [2.75, 3.05) is 19.8 Å². The predicted molar refractivity (Wildman–Crippen MR) is 85.8 cm³/mol. The molecular formula is C18H23NO4. The summed E-state index contributed by atoms with van der Waals surface area (Å²) in [7, 11) is 0. The zero-order valence-electron chi connectivity index (χ0n) is 13.2. The third-order valence-electron chi connectivity index (χ3n) is 4.12. The summed E-state index contributed by atoms with van der Waals surface area (Å²) in [5.74, 6) is 0. The van der Waals surface area contributed by atoms with Gasteiger partial charge in [-0.1, -0.05) is 42.5 Å². The van der Waals surface area contributed by atoms with Crippen molar-refractivity contribution in [3.63, 3.8) is 0 Å². The van der Waals surface area contributed by atoms with Crippen molar-refractivity contribution < 1.29 is 19.0 Å². The Bertz CT molecular complexity index is 525. The number of likely N-dealkylation sites (tertiary alicyclic amines) is 1. The van der Waals surface area contributed by atoms with Crippen molar-refractivity contribution in [1.82, 2.24) is 4.90 Å². The van der Waals surface area contributed by atoms with E-state index >= 15 is 0 Å². The number of rotatable bonds is 5. The van der Waals surface area contributed by atoms with E-state index < -0.39 is 0 Å². The third kappa shape index (κ3) is 4.56. The Morgan fingerprint density at radius 2 is 2.04 bits per heavy atom. The van der Waals surface area contributed by atoms with E-state index in [9.17, 15) is 4.79 Å². The quantitative estimate of drug-likeness (QED) is 0.783. The lowest BCUT2D eigenvalue weighted by molar-refractivity contribution is -0.0381. The second-order valence-electron chi connectivity index (χ2n) is 5.78. The van der Waals surface area contributed by atoms with Gasteiger partial charge in [0.05, 0.1) is 19.3 Å². The van der Waals surface area contributed by atoms with Gasteiger partial charge in [-0.25, -0.2) is 4.79 Å². The second-order valence-corrected chi connectivity index (χ2v) is 5.78. The summed E-state index contributed by atoms with van der Waals surface area (Å²) in [6, 6.07) is 9.85. The van der Waals surface area contributed by atoms with Crippen molar-refractivity contribution in [3.8, 4) is 0 Å². The van der Waals surface area contributed by atoms with E-state index in [4.69, 9.17) is 14.2 Å². The molecule has 0 radical (unpaired) electrons. The standard InChI is InChI=1S/C18H23NO4/c20-18(23-14-15-6-2-1-3-7-15)19-11-5-9-16(19)8-4-10-17-21-12-13-22-17/h1-4,6-8,16-17H,5,9-14H2/t16-/m1/s1. The van der Waals surface area contributed by atoms with E-state index in [0.29, 0.717) is 19.8 Å². The molecule has 2 heterocycles. The normalized spacial score (nSPS) is 22.1. The average Bonchev–Trinajstić information content (AvgIpc) is 3.25. The fourth-order valence-electron chi connectivity index (χ4n) is 2.91. The van der Waals surface area contributed by atoms with Gasteiger partial charge in [-0.15, -0.1) is 0 Å². The van der Waals surface area contributed by atoms with E-state index in [-0.39, 0.29) is 18.4 Å². The van der Waals surface area contributed by atoms with Crippen LogP contribution in [-0.2, 0) is 20.8 Å². The molecule has 1 aromatic carbocycles. The van der Waals surface area contributed by atoms with Crippen LogP contribution in [0, 0.1) is 0 Å². The molecule has 3 rings (SSSR count). The molecule has 1 amide bonds. The smallest absolute Gasteiger partial charge is 0.410 e. The molecular weight excluding hydrogens is 294 g/mol. The first-order chi connectivity index (χ1) is 11.3. The van der Waals surface area contributed by atoms with Crippen LogP contribution >= 0.6 is 0 Å². The summed E-state index contributed by atoms with van der Waals surface area (Å²) < 4.78 is 16.2. The molecule has 5 heteroatoms. The molecule has 5 nitrogen and oxygen atoms in total. The molecule has 0 saturated carbocycles. The van der Waals surface area contributed by atoms with E-state index in [1.165, 1.54) is 0 Å². The predicted octanol–water partition coefficient (Wildman–Crippen LogP) is 3.11. The lowest BCUT2D eigenvalue weighted by Crippen LogP contribution is -2.34. The first-order valence-corrected chi connectivity index (χ1v) is 8.20. The maximum absolute atomic E-state index is 12.3. The molecule has 0 bridgehead atoms. The van der Waals surface area contributed by atoms with Crippen LogP contribution in [0.2, 0.25) is 0 Å². The Morgan fingerprint density at radius 1 is 1.26 bits per heavy atom. The molecule has 1 aromatic rings. The van der Waals surface area contributed by atoms with Crippen LogP contribution in [0.15, 0.2) is 42.5 Å². The minimum Gasteiger partial charge on any atom is -0.445 e. The van der Waals surface area contributed by atoms with Crippen LogP contribution in [0.4, 0.5) is 4.79 Å². The van der Waals surface area contributed by atoms with Gasteiger partial charge in [0.1, 0.15) is 6.61 Å². The molecule has 0 aromatic heterocycles. The first-order valence-electron chi connectivity index (χ1n) is 8.20. The van der Waals surface area contributed by atoms with Crippen molar-refractivity contribution in [2.45, 2.75) is 38.2 Å². The summed E-state index contributed by atoms with van der Waals surface area (Å²) in [6.07, 6.45) is 6.45. The molecule has 2 saturated heterocycles. The number of carbonyl (C=O) groups excluding carboxylic acids is 1. The van der Waals surface area contributed by atoms with Crippen LogP contribution in [0.5, 0.6) is 0 Å². The highest BCUT2D eigenvalue weighted by molar-refractivity contribution is 5.68. The van der Waals surface area contributed by atoms with Gasteiger partial charge in [0.15, 0.2) is 6.29 Å². The third-order valence-corrected chi connectivity index (χ3v) is 4.12. The summed E-state index contributed by atoms with van der Waals surface area (Å²) in [5.41, 5.74) is 1.00. The van der Waals surface area contributed by atoms with E-state index in [0.717, 1.165) is 31.4 Å². The zero-order valence-corrected chi connectivity index (χ0v) is 13.2. The molecule has 0 N–H and O–H groups in total. The maximum Gasteiger partial charge on any atom is 0.410 e. The average molecular weight is 317 g/mol. The van der Waals surface area contributed by atoms with Gasteiger partial charge >= 0.3 is 6.09 Å². The van der Waals surface area contributed by atoms with Gasteiger partial charge < -0.3 is 19.1 Å². The fraction of sp³-hybridized carbons (Fsp3) is 0.500. The molecule has 0 unspecified atom stereocenters. The number of ether oxygens (including phenoxy) is 3. The van der Waals surface area contributed by atoms with Crippen molar-refractivity contribution in [3.05, 3.63) is 48.0 Å². The number of carbonyl (C=O) groups is 1. The molecule has 1 atom stereocenters. The number of amides is 1. The Labute approximate surface area is 136 Å². The Morgan fingerprint density at radius 3 is 2.83 bits per heavy atom. The fourth-order valence-corrected chi connectivity index (χ4v) is 2.91. The lowest BCUT2D eigenvalue weighted by Gasteiger charge is -2.21.